The van der Waals surface area contributed by atoms with Crippen LogP contribution in [0.5, 0.6) is 0 Å². The van der Waals surface area contributed by atoms with Crippen molar-refractivity contribution in [2.75, 3.05) is 24.2 Å². The number of hydrogen-bond donors (Lipinski definition) is 1. The summed E-state index contributed by atoms with van der Waals surface area (Å²) in [6.07, 6.45) is 1.58. The van der Waals surface area contributed by atoms with E-state index in [-0.39, 0.29) is 5.91 Å². The zero-order valence-electron chi connectivity index (χ0n) is 13.5. The molecule has 2 aromatic rings. The monoisotopic (exact) mass is 360 g/mol. The van der Waals surface area contributed by atoms with Gasteiger partial charge in [-0.2, -0.15) is 0 Å². The van der Waals surface area contributed by atoms with Crippen LogP contribution in [0.1, 0.15) is 12.8 Å². The Morgan fingerprint density at radius 3 is 2.67 bits per heavy atom. The van der Waals surface area contributed by atoms with Crippen LogP contribution in [0.2, 0.25) is 5.02 Å². The second-order valence-corrected chi connectivity index (χ2v) is 7.49. The molecule has 0 aliphatic carbocycles. The van der Waals surface area contributed by atoms with E-state index in [0.717, 1.165) is 40.9 Å². The summed E-state index contributed by atoms with van der Waals surface area (Å²) in [5, 5.41) is 4.24. The standard InChI is InChI=1S/C19H21ClN2OS/c20-15-6-8-18(9-7-15)24-13-11-19(23)22-12-10-17(14-22)21-16-4-2-1-3-5-16/h1-9,17,21H,10-14H2. The van der Waals surface area contributed by atoms with Gasteiger partial charge in [0.25, 0.3) is 0 Å². The number of nitrogens with one attached hydrogen (secondary N) is 1. The number of rotatable bonds is 6. The normalized spacial score (nSPS) is 17.0. The van der Waals surface area contributed by atoms with Crippen LogP contribution in [0.25, 0.3) is 0 Å². The van der Waals surface area contributed by atoms with Gasteiger partial charge in [-0.1, -0.05) is 29.8 Å². The lowest BCUT2D eigenvalue weighted by Gasteiger charge is -2.17. The minimum Gasteiger partial charge on any atom is -0.380 e. The van der Waals surface area contributed by atoms with E-state index >= 15 is 0 Å². The fourth-order valence-electron chi connectivity index (χ4n) is 2.82. The number of thioether (sulfide) groups is 1. The number of benzene rings is 2. The van der Waals surface area contributed by atoms with E-state index in [1.807, 2.05) is 47.4 Å². The second-order valence-electron chi connectivity index (χ2n) is 5.89. The molecule has 0 spiro atoms. The van der Waals surface area contributed by atoms with Crippen molar-refractivity contribution < 1.29 is 4.79 Å². The van der Waals surface area contributed by atoms with Crippen LogP contribution in [0.15, 0.2) is 59.5 Å². The first-order chi connectivity index (χ1) is 11.7. The number of hydrogen-bond acceptors (Lipinski definition) is 3. The fraction of sp³-hybridized carbons (Fsp3) is 0.316. The van der Waals surface area contributed by atoms with Crippen molar-refractivity contribution in [2.45, 2.75) is 23.8 Å². The van der Waals surface area contributed by atoms with E-state index < -0.39 is 0 Å². The molecule has 0 radical (unpaired) electrons. The van der Waals surface area contributed by atoms with Crippen LogP contribution in [0.3, 0.4) is 0 Å². The fourth-order valence-corrected chi connectivity index (χ4v) is 3.79. The van der Waals surface area contributed by atoms with E-state index in [9.17, 15) is 4.79 Å². The van der Waals surface area contributed by atoms with Crippen LogP contribution in [-0.4, -0.2) is 35.7 Å². The smallest absolute Gasteiger partial charge is 0.223 e. The molecule has 3 rings (SSSR count). The number of amides is 1. The van der Waals surface area contributed by atoms with E-state index in [2.05, 4.69) is 17.4 Å². The third kappa shape index (κ3) is 4.92. The number of carbonyl (C=O) groups excluding carboxylic acids is 1. The molecule has 2 aromatic carbocycles. The molecule has 1 atom stereocenters. The summed E-state index contributed by atoms with van der Waals surface area (Å²) in [7, 11) is 0. The van der Waals surface area contributed by atoms with Crippen molar-refractivity contribution in [3.05, 3.63) is 59.6 Å². The maximum Gasteiger partial charge on any atom is 0.223 e. The molecule has 126 valence electrons. The van der Waals surface area contributed by atoms with Gasteiger partial charge >= 0.3 is 0 Å². The molecular formula is C19H21ClN2OS. The molecule has 1 unspecified atom stereocenters. The van der Waals surface area contributed by atoms with Crippen molar-refractivity contribution in [2.24, 2.45) is 0 Å². The van der Waals surface area contributed by atoms with Gasteiger partial charge in [0.05, 0.1) is 0 Å². The van der Waals surface area contributed by atoms with Gasteiger partial charge in [-0.05, 0) is 42.8 Å². The average Bonchev–Trinajstić information content (AvgIpc) is 3.06. The molecule has 1 amide bonds. The predicted octanol–water partition coefficient (Wildman–Crippen LogP) is 4.54. The Kier molecular flexibility index (Phi) is 6.05. The molecule has 1 saturated heterocycles. The number of halogens is 1. The van der Waals surface area contributed by atoms with Crippen LogP contribution < -0.4 is 5.32 Å². The maximum absolute atomic E-state index is 12.4. The van der Waals surface area contributed by atoms with Gasteiger partial charge in [0, 0.05) is 46.9 Å². The molecule has 0 bridgehead atoms. The highest BCUT2D eigenvalue weighted by Gasteiger charge is 2.25. The molecule has 1 fully saturated rings. The summed E-state index contributed by atoms with van der Waals surface area (Å²) in [4.78, 5) is 15.5. The van der Waals surface area contributed by atoms with Crippen molar-refractivity contribution in [1.29, 1.82) is 0 Å². The van der Waals surface area contributed by atoms with E-state index in [4.69, 9.17) is 11.6 Å². The van der Waals surface area contributed by atoms with Crippen molar-refractivity contribution >= 4 is 35.0 Å². The molecule has 0 aromatic heterocycles. The zero-order chi connectivity index (χ0) is 16.8. The van der Waals surface area contributed by atoms with Gasteiger partial charge in [-0.15, -0.1) is 11.8 Å². The highest BCUT2D eigenvalue weighted by atomic mass is 35.5. The molecule has 0 saturated carbocycles. The highest BCUT2D eigenvalue weighted by molar-refractivity contribution is 7.99. The lowest BCUT2D eigenvalue weighted by molar-refractivity contribution is -0.129. The third-order valence-corrected chi connectivity index (χ3v) is 5.35. The molecular weight excluding hydrogens is 340 g/mol. The summed E-state index contributed by atoms with van der Waals surface area (Å²) in [5.74, 6) is 1.04. The number of carbonyl (C=O) groups is 1. The second kappa shape index (κ2) is 8.45. The number of anilines is 1. The Hall–Kier alpha value is -1.65. The minimum atomic E-state index is 0.244. The molecule has 3 nitrogen and oxygen atoms in total. The summed E-state index contributed by atoms with van der Waals surface area (Å²) in [6, 6.07) is 18.3. The summed E-state index contributed by atoms with van der Waals surface area (Å²) >= 11 is 7.58. The molecule has 5 heteroatoms. The SMILES string of the molecule is O=C(CCSc1ccc(Cl)cc1)N1CCC(Nc2ccccc2)C1. The van der Waals surface area contributed by atoms with Crippen LogP contribution in [0.4, 0.5) is 5.69 Å². The first kappa shape index (κ1) is 17.2. The van der Waals surface area contributed by atoms with Crippen molar-refractivity contribution in [3.63, 3.8) is 0 Å². The van der Waals surface area contributed by atoms with Crippen molar-refractivity contribution in [1.82, 2.24) is 4.90 Å². The van der Waals surface area contributed by atoms with Gasteiger partial charge in [0.15, 0.2) is 0 Å². The van der Waals surface area contributed by atoms with Gasteiger partial charge in [0.1, 0.15) is 0 Å². The quantitative estimate of drug-likeness (QED) is 0.768. The molecule has 1 heterocycles. The summed E-state index contributed by atoms with van der Waals surface area (Å²) in [5.41, 5.74) is 1.12. The highest BCUT2D eigenvalue weighted by Crippen LogP contribution is 2.22. The topological polar surface area (TPSA) is 32.3 Å². The van der Waals surface area contributed by atoms with Crippen LogP contribution in [0, 0.1) is 0 Å². The lowest BCUT2D eigenvalue weighted by atomic mass is 10.2. The summed E-state index contributed by atoms with van der Waals surface area (Å²) in [6.45, 7) is 1.63. The van der Waals surface area contributed by atoms with E-state index in [1.54, 1.807) is 11.8 Å². The minimum absolute atomic E-state index is 0.244. The van der Waals surface area contributed by atoms with E-state index in [0.29, 0.717) is 12.5 Å². The van der Waals surface area contributed by atoms with Gasteiger partial charge in [-0.3, -0.25) is 4.79 Å². The summed E-state index contributed by atoms with van der Waals surface area (Å²) < 4.78 is 0. The Morgan fingerprint density at radius 2 is 1.92 bits per heavy atom. The number of likely N-dealkylation sites (tertiary alicyclic amines) is 1. The number of nitrogens with zero attached hydrogens (tertiary/aromatic N) is 1. The Balaban J connectivity index is 1.40. The third-order valence-electron chi connectivity index (χ3n) is 4.08. The Labute approximate surface area is 152 Å². The lowest BCUT2D eigenvalue weighted by Crippen LogP contribution is -2.31. The molecule has 1 aliphatic heterocycles. The average molecular weight is 361 g/mol. The van der Waals surface area contributed by atoms with Crippen LogP contribution in [-0.2, 0) is 4.79 Å². The van der Waals surface area contributed by atoms with Gasteiger partial charge in [-0.25, -0.2) is 0 Å². The molecule has 24 heavy (non-hydrogen) atoms. The Bertz CT molecular complexity index is 663. The van der Waals surface area contributed by atoms with Gasteiger partial charge < -0.3 is 10.2 Å². The maximum atomic E-state index is 12.4. The van der Waals surface area contributed by atoms with Gasteiger partial charge in [0.2, 0.25) is 5.91 Å². The van der Waals surface area contributed by atoms with E-state index in [1.165, 1.54) is 0 Å². The Morgan fingerprint density at radius 1 is 1.17 bits per heavy atom. The molecule has 1 N–H and O–H groups in total. The largest absolute Gasteiger partial charge is 0.380 e. The predicted molar refractivity (Wildman–Crippen MR) is 102 cm³/mol. The first-order valence-electron chi connectivity index (χ1n) is 8.18. The first-order valence-corrected chi connectivity index (χ1v) is 9.55. The van der Waals surface area contributed by atoms with Crippen molar-refractivity contribution in [3.8, 4) is 0 Å². The molecule has 1 aliphatic rings. The number of para-hydroxylation sites is 1. The van der Waals surface area contributed by atoms with Crippen LogP contribution >= 0.6 is 23.4 Å². The zero-order valence-corrected chi connectivity index (χ0v) is 15.0.